The molecule has 6 heteroatoms. The second kappa shape index (κ2) is 7.84. The van der Waals surface area contributed by atoms with Crippen molar-refractivity contribution in [1.82, 2.24) is 19.9 Å². The predicted molar refractivity (Wildman–Crippen MR) is 128 cm³/mol. The molecule has 33 heavy (non-hydrogen) atoms. The van der Waals surface area contributed by atoms with E-state index in [1.54, 1.807) is 24.5 Å². The maximum absolute atomic E-state index is 10.8. The van der Waals surface area contributed by atoms with Crippen LogP contribution in [0.1, 0.15) is 15.9 Å². The maximum atomic E-state index is 10.8. The molecule has 158 valence electrons. The smallest absolute Gasteiger partial charge is 0.150 e. The number of nitrogens with zero attached hydrogens (tertiary/aromatic N) is 3. The average molecular weight is 430 g/mol. The molecular weight excluding hydrogens is 412 g/mol. The lowest BCUT2D eigenvalue weighted by Crippen LogP contribution is -1.95. The van der Waals surface area contributed by atoms with E-state index in [4.69, 9.17) is 9.72 Å². The van der Waals surface area contributed by atoms with Crippen LogP contribution in [-0.2, 0) is 6.61 Å². The SMILES string of the molecule is O=Cc1ccc(COc2ccc(-c3nc4c5cccnc5c5ncccc5c4[nH]3)cc2)cc1. The highest BCUT2D eigenvalue weighted by atomic mass is 16.5. The summed E-state index contributed by atoms with van der Waals surface area (Å²) < 4.78 is 5.90. The summed E-state index contributed by atoms with van der Waals surface area (Å²) in [5.41, 5.74) is 6.16. The Hall–Kier alpha value is -4.58. The van der Waals surface area contributed by atoms with Gasteiger partial charge in [0.05, 0.1) is 22.1 Å². The fraction of sp³-hybridized carbons (Fsp3) is 0.0370. The number of fused-ring (bicyclic) bond motifs is 6. The lowest BCUT2D eigenvalue weighted by molar-refractivity contribution is 0.112. The van der Waals surface area contributed by atoms with E-state index in [2.05, 4.69) is 15.0 Å². The number of aldehydes is 1. The van der Waals surface area contributed by atoms with E-state index in [9.17, 15) is 4.79 Å². The van der Waals surface area contributed by atoms with Gasteiger partial charge in [0.25, 0.3) is 0 Å². The number of carbonyl (C=O) groups is 1. The van der Waals surface area contributed by atoms with E-state index in [1.807, 2.05) is 60.7 Å². The first kappa shape index (κ1) is 19.1. The van der Waals surface area contributed by atoms with E-state index < -0.39 is 0 Å². The molecule has 3 aromatic heterocycles. The zero-order valence-electron chi connectivity index (χ0n) is 17.5. The van der Waals surface area contributed by atoms with Crippen LogP contribution in [0.5, 0.6) is 5.75 Å². The summed E-state index contributed by atoms with van der Waals surface area (Å²) in [5, 5.41) is 1.97. The first-order valence-corrected chi connectivity index (χ1v) is 10.6. The molecule has 0 spiro atoms. The van der Waals surface area contributed by atoms with Crippen LogP contribution >= 0.6 is 0 Å². The van der Waals surface area contributed by atoms with Crippen molar-refractivity contribution in [3.05, 3.63) is 96.3 Å². The molecule has 0 atom stereocenters. The van der Waals surface area contributed by atoms with Crippen molar-refractivity contribution in [3.63, 3.8) is 0 Å². The molecule has 0 aliphatic carbocycles. The van der Waals surface area contributed by atoms with Gasteiger partial charge in [0.2, 0.25) is 0 Å². The fourth-order valence-corrected chi connectivity index (χ4v) is 4.05. The van der Waals surface area contributed by atoms with Gasteiger partial charge in [-0.05, 0) is 54.1 Å². The number of benzene rings is 3. The number of pyridine rings is 2. The zero-order chi connectivity index (χ0) is 22.2. The minimum atomic E-state index is 0.432. The summed E-state index contributed by atoms with van der Waals surface area (Å²) in [6.45, 7) is 0.432. The molecule has 0 amide bonds. The predicted octanol–water partition coefficient (Wildman–Crippen LogP) is 5.72. The van der Waals surface area contributed by atoms with Gasteiger partial charge >= 0.3 is 0 Å². The number of hydrogen-bond acceptors (Lipinski definition) is 5. The Bertz CT molecular complexity index is 1550. The van der Waals surface area contributed by atoms with Crippen LogP contribution in [0.2, 0.25) is 0 Å². The van der Waals surface area contributed by atoms with Crippen LogP contribution in [-0.4, -0.2) is 26.2 Å². The third kappa shape index (κ3) is 3.38. The van der Waals surface area contributed by atoms with E-state index in [0.717, 1.165) is 61.8 Å². The number of H-pyrrole nitrogens is 1. The van der Waals surface area contributed by atoms with Crippen molar-refractivity contribution < 1.29 is 9.53 Å². The van der Waals surface area contributed by atoms with Crippen molar-refractivity contribution in [2.24, 2.45) is 0 Å². The zero-order valence-corrected chi connectivity index (χ0v) is 17.5. The van der Waals surface area contributed by atoms with Crippen LogP contribution in [0.25, 0.3) is 44.2 Å². The van der Waals surface area contributed by atoms with Crippen molar-refractivity contribution in [2.75, 3.05) is 0 Å². The number of rotatable bonds is 5. The van der Waals surface area contributed by atoms with Gasteiger partial charge in [-0.1, -0.05) is 24.3 Å². The fourth-order valence-electron chi connectivity index (χ4n) is 4.05. The van der Waals surface area contributed by atoms with Crippen molar-refractivity contribution in [3.8, 4) is 17.1 Å². The summed E-state index contributed by atoms with van der Waals surface area (Å²) in [6, 6.07) is 23.1. The molecule has 3 aromatic carbocycles. The Morgan fingerprint density at radius 2 is 1.48 bits per heavy atom. The number of imidazole rings is 1. The topological polar surface area (TPSA) is 80.8 Å². The van der Waals surface area contributed by atoms with E-state index >= 15 is 0 Å². The van der Waals surface area contributed by atoms with Crippen LogP contribution in [0.3, 0.4) is 0 Å². The van der Waals surface area contributed by atoms with Gasteiger partial charge in [-0.15, -0.1) is 0 Å². The molecule has 0 saturated carbocycles. The standard InChI is InChI=1S/C27H18N4O2/c32-15-17-5-7-18(8-6-17)16-33-20-11-9-19(10-12-20)27-30-25-21-3-1-13-28-23(21)24-22(26(25)31-27)4-2-14-29-24/h1-15H,16H2,(H,30,31). The number of aromatic nitrogens is 4. The second-order valence-electron chi connectivity index (χ2n) is 7.78. The Kier molecular flexibility index (Phi) is 4.54. The Morgan fingerprint density at radius 3 is 2.21 bits per heavy atom. The molecule has 6 rings (SSSR count). The van der Waals surface area contributed by atoms with Crippen LogP contribution < -0.4 is 4.74 Å². The molecule has 6 aromatic rings. The number of aromatic amines is 1. The lowest BCUT2D eigenvalue weighted by atomic mass is 10.1. The largest absolute Gasteiger partial charge is 0.489 e. The average Bonchev–Trinajstić information content (AvgIpc) is 3.34. The third-order valence-electron chi connectivity index (χ3n) is 5.72. The number of ether oxygens (including phenoxy) is 1. The van der Waals surface area contributed by atoms with Gasteiger partial charge in [0.15, 0.2) is 0 Å². The molecule has 3 heterocycles. The van der Waals surface area contributed by atoms with Gasteiger partial charge in [0.1, 0.15) is 24.5 Å². The molecule has 1 N–H and O–H groups in total. The summed E-state index contributed by atoms with van der Waals surface area (Å²) in [6.07, 6.45) is 4.40. The minimum absolute atomic E-state index is 0.432. The summed E-state index contributed by atoms with van der Waals surface area (Å²) in [4.78, 5) is 28.3. The minimum Gasteiger partial charge on any atom is -0.489 e. The van der Waals surface area contributed by atoms with Crippen molar-refractivity contribution >= 4 is 39.1 Å². The second-order valence-corrected chi connectivity index (χ2v) is 7.78. The van der Waals surface area contributed by atoms with E-state index in [0.29, 0.717) is 12.2 Å². The maximum Gasteiger partial charge on any atom is 0.150 e. The number of hydrogen-bond donors (Lipinski definition) is 1. The normalized spacial score (nSPS) is 11.3. The molecule has 0 aliphatic rings. The molecule has 0 radical (unpaired) electrons. The molecule has 0 saturated heterocycles. The Balaban J connectivity index is 1.33. The molecule has 0 unspecified atom stereocenters. The highest BCUT2D eigenvalue weighted by Crippen LogP contribution is 2.33. The number of nitrogens with one attached hydrogen (secondary N) is 1. The van der Waals surface area contributed by atoms with Crippen molar-refractivity contribution in [2.45, 2.75) is 6.61 Å². The van der Waals surface area contributed by atoms with Crippen LogP contribution in [0, 0.1) is 0 Å². The quantitative estimate of drug-likeness (QED) is 0.280. The summed E-state index contributed by atoms with van der Waals surface area (Å²) >= 11 is 0. The summed E-state index contributed by atoms with van der Waals surface area (Å²) in [7, 11) is 0. The van der Waals surface area contributed by atoms with Gasteiger partial charge in [-0.25, -0.2) is 4.98 Å². The Labute approximate surface area is 188 Å². The highest BCUT2D eigenvalue weighted by molar-refractivity contribution is 6.21. The van der Waals surface area contributed by atoms with Crippen molar-refractivity contribution in [1.29, 1.82) is 0 Å². The summed E-state index contributed by atoms with van der Waals surface area (Å²) in [5.74, 6) is 1.54. The first-order chi connectivity index (χ1) is 16.3. The van der Waals surface area contributed by atoms with Crippen LogP contribution in [0.15, 0.2) is 85.2 Å². The molecular formula is C27H18N4O2. The molecule has 6 nitrogen and oxygen atoms in total. The van der Waals surface area contributed by atoms with Gasteiger partial charge in [-0.2, -0.15) is 0 Å². The molecule has 0 fully saturated rings. The van der Waals surface area contributed by atoms with Gasteiger partial charge < -0.3 is 9.72 Å². The third-order valence-corrected chi connectivity index (χ3v) is 5.72. The first-order valence-electron chi connectivity index (χ1n) is 10.6. The molecule has 0 aliphatic heterocycles. The monoisotopic (exact) mass is 430 g/mol. The van der Waals surface area contributed by atoms with E-state index in [-0.39, 0.29) is 0 Å². The van der Waals surface area contributed by atoms with E-state index in [1.165, 1.54) is 0 Å². The van der Waals surface area contributed by atoms with Gasteiger partial charge in [-0.3, -0.25) is 14.8 Å². The Morgan fingerprint density at radius 1 is 0.788 bits per heavy atom. The highest BCUT2D eigenvalue weighted by Gasteiger charge is 2.15. The van der Waals surface area contributed by atoms with Crippen LogP contribution in [0.4, 0.5) is 0 Å². The van der Waals surface area contributed by atoms with Gasteiger partial charge in [0, 0.05) is 34.3 Å². The number of carbonyl (C=O) groups excluding carboxylic acids is 1. The lowest BCUT2D eigenvalue weighted by Gasteiger charge is -2.07. The molecule has 0 bridgehead atoms.